The van der Waals surface area contributed by atoms with Crippen LogP contribution in [0.25, 0.3) is 0 Å². The Hall–Kier alpha value is -0.120. The van der Waals surface area contributed by atoms with Crippen molar-refractivity contribution in [1.82, 2.24) is 5.32 Å². The van der Waals surface area contributed by atoms with Crippen LogP contribution in [0.15, 0.2) is 0 Å². The van der Waals surface area contributed by atoms with Crippen molar-refractivity contribution in [2.24, 2.45) is 5.41 Å². The molecule has 18 heavy (non-hydrogen) atoms. The first-order chi connectivity index (χ1) is 8.45. The highest BCUT2D eigenvalue weighted by Gasteiger charge is 2.08. The van der Waals surface area contributed by atoms with Crippen molar-refractivity contribution in [2.75, 3.05) is 19.7 Å². The molecule has 1 radical (unpaired) electrons. The van der Waals surface area contributed by atoms with E-state index in [4.69, 9.17) is 4.74 Å². The van der Waals surface area contributed by atoms with Crippen molar-refractivity contribution in [3.63, 3.8) is 0 Å². The van der Waals surface area contributed by atoms with Crippen LogP contribution in [0.3, 0.4) is 0 Å². The van der Waals surface area contributed by atoms with Crippen LogP contribution < -0.4 is 5.32 Å². The standard InChI is InChI=1S/C15H32NO2/c1-15(2,3)13-16-11-7-5-6-9-14(17)10-8-12-18-4/h14,16-17H,4-13H2,1-3H3/t14-/m0/s1. The second-order valence-corrected chi connectivity index (χ2v) is 6.29. The Morgan fingerprint density at radius 3 is 2.39 bits per heavy atom. The van der Waals surface area contributed by atoms with Crippen LogP contribution >= 0.6 is 0 Å². The average molecular weight is 258 g/mol. The molecule has 3 heteroatoms. The summed E-state index contributed by atoms with van der Waals surface area (Å²) in [5, 5.41) is 13.2. The van der Waals surface area contributed by atoms with Crippen molar-refractivity contribution < 1.29 is 9.84 Å². The van der Waals surface area contributed by atoms with E-state index in [9.17, 15) is 5.11 Å². The maximum Gasteiger partial charge on any atom is 0.0700 e. The van der Waals surface area contributed by atoms with Gasteiger partial charge in [0.1, 0.15) is 0 Å². The van der Waals surface area contributed by atoms with E-state index in [0.717, 1.165) is 38.8 Å². The Morgan fingerprint density at radius 1 is 1.11 bits per heavy atom. The fraction of sp³-hybridized carbons (Fsp3) is 0.933. The molecule has 0 aliphatic carbocycles. The smallest absolute Gasteiger partial charge is 0.0700 e. The van der Waals surface area contributed by atoms with Gasteiger partial charge in [-0.3, -0.25) is 0 Å². The van der Waals surface area contributed by atoms with Gasteiger partial charge in [0, 0.05) is 6.61 Å². The van der Waals surface area contributed by atoms with E-state index < -0.39 is 0 Å². The van der Waals surface area contributed by atoms with Crippen LogP contribution in [-0.2, 0) is 4.74 Å². The second kappa shape index (κ2) is 10.8. The maximum atomic E-state index is 9.69. The molecule has 109 valence electrons. The summed E-state index contributed by atoms with van der Waals surface area (Å²) in [6.07, 6.45) is 5.99. The third kappa shape index (κ3) is 13.9. The zero-order valence-electron chi connectivity index (χ0n) is 12.5. The quantitative estimate of drug-likeness (QED) is 0.559. The number of rotatable bonds is 11. The minimum Gasteiger partial charge on any atom is -0.393 e. The summed E-state index contributed by atoms with van der Waals surface area (Å²) < 4.78 is 4.72. The molecule has 0 spiro atoms. The lowest BCUT2D eigenvalue weighted by Gasteiger charge is -2.18. The summed E-state index contributed by atoms with van der Waals surface area (Å²) in [5.41, 5.74) is 0.367. The lowest BCUT2D eigenvalue weighted by Crippen LogP contribution is -2.27. The van der Waals surface area contributed by atoms with Crippen molar-refractivity contribution in [1.29, 1.82) is 0 Å². The molecule has 0 bridgehead atoms. The highest BCUT2D eigenvalue weighted by molar-refractivity contribution is 4.64. The van der Waals surface area contributed by atoms with Crippen molar-refractivity contribution >= 4 is 0 Å². The molecule has 1 atom stereocenters. The van der Waals surface area contributed by atoms with Crippen molar-refractivity contribution in [3.05, 3.63) is 7.11 Å². The fourth-order valence-corrected chi connectivity index (χ4v) is 1.84. The largest absolute Gasteiger partial charge is 0.393 e. The fourth-order valence-electron chi connectivity index (χ4n) is 1.84. The Labute approximate surface area is 113 Å². The van der Waals surface area contributed by atoms with E-state index >= 15 is 0 Å². The Bertz CT molecular complexity index is 178. The van der Waals surface area contributed by atoms with Crippen molar-refractivity contribution in [3.8, 4) is 0 Å². The van der Waals surface area contributed by atoms with Gasteiger partial charge < -0.3 is 15.2 Å². The number of hydrogen-bond acceptors (Lipinski definition) is 3. The van der Waals surface area contributed by atoms with Crippen LogP contribution in [0.1, 0.15) is 59.3 Å². The summed E-state index contributed by atoms with van der Waals surface area (Å²) in [4.78, 5) is 0. The number of aliphatic hydroxyl groups excluding tert-OH is 1. The first-order valence-corrected chi connectivity index (χ1v) is 7.21. The first kappa shape index (κ1) is 17.9. The topological polar surface area (TPSA) is 41.5 Å². The summed E-state index contributed by atoms with van der Waals surface area (Å²) in [5.74, 6) is 0. The lowest BCUT2D eigenvalue weighted by atomic mass is 9.97. The van der Waals surface area contributed by atoms with E-state index in [-0.39, 0.29) is 6.10 Å². The third-order valence-electron chi connectivity index (χ3n) is 2.87. The molecule has 0 aromatic heterocycles. The van der Waals surface area contributed by atoms with E-state index in [1.807, 2.05) is 0 Å². The Balaban J connectivity index is 3.20. The van der Waals surface area contributed by atoms with Gasteiger partial charge >= 0.3 is 0 Å². The van der Waals surface area contributed by atoms with Gasteiger partial charge in [-0.15, -0.1) is 0 Å². The predicted molar refractivity (Wildman–Crippen MR) is 77.3 cm³/mol. The van der Waals surface area contributed by atoms with Gasteiger partial charge in [-0.2, -0.15) is 0 Å². The molecule has 0 aliphatic rings. The van der Waals surface area contributed by atoms with Gasteiger partial charge in [0.05, 0.1) is 13.2 Å². The van der Waals surface area contributed by atoms with Gasteiger partial charge in [-0.05, 0) is 44.2 Å². The molecular formula is C15H32NO2. The summed E-state index contributed by atoms with van der Waals surface area (Å²) in [7, 11) is 3.32. The summed E-state index contributed by atoms with van der Waals surface area (Å²) in [6, 6.07) is 0. The van der Waals surface area contributed by atoms with E-state index in [1.54, 1.807) is 0 Å². The molecule has 2 N–H and O–H groups in total. The molecule has 0 fully saturated rings. The number of unbranched alkanes of at least 4 members (excludes halogenated alkanes) is 2. The minimum absolute atomic E-state index is 0.164. The Morgan fingerprint density at radius 2 is 1.78 bits per heavy atom. The molecule has 0 rings (SSSR count). The van der Waals surface area contributed by atoms with Gasteiger partial charge in [0.2, 0.25) is 0 Å². The SMILES string of the molecule is [CH2]OCCC[C@@H](O)CCCCCNCC(C)(C)C. The zero-order chi connectivity index (χ0) is 13.9. The van der Waals surface area contributed by atoms with E-state index in [1.165, 1.54) is 12.8 Å². The van der Waals surface area contributed by atoms with Gasteiger partial charge in [-0.1, -0.05) is 33.6 Å². The lowest BCUT2D eigenvalue weighted by molar-refractivity contribution is 0.133. The van der Waals surface area contributed by atoms with Crippen LogP contribution in [-0.4, -0.2) is 30.9 Å². The third-order valence-corrected chi connectivity index (χ3v) is 2.87. The number of ether oxygens (including phenoxy) is 1. The number of nitrogens with one attached hydrogen (secondary N) is 1. The number of hydrogen-bond donors (Lipinski definition) is 2. The van der Waals surface area contributed by atoms with Crippen LogP contribution in [0, 0.1) is 12.5 Å². The molecule has 0 aromatic carbocycles. The molecule has 0 amide bonds. The molecule has 0 heterocycles. The normalized spacial score (nSPS) is 13.8. The van der Waals surface area contributed by atoms with E-state index in [0.29, 0.717) is 12.0 Å². The summed E-state index contributed by atoms with van der Waals surface area (Å²) >= 11 is 0. The monoisotopic (exact) mass is 258 g/mol. The highest BCUT2D eigenvalue weighted by Crippen LogP contribution is 2.11. The first-order valence-electron chi connectivity index (χ1n) is 7.21. The minimum atomic E-state index is -0.164. The van der Waals surface area contributed by atoms with Crippen molar-refractivity contribution in [2.45, 2.75) is 65.4 Å². The highest BCUT2D eigenvalue weighted by atomic mass is 16.5. The predicted octanol–water partition coefficient (Wildman–Crippen LogP) is 3.13. The molecule has 0 saturated carbocycles. The van der Waals surface area contributed by atoms with Crippen LogP contribution in [0.5, 0.6) is 0 Å². The van der Waals surface area contributed by atoms with Gasteiger partial charge in [0.15, 0.2) is 0 Å². The summed E-state index contributed by atoms with van der Waals surface area (Å²) in [6.45, 7) is 9.53. The maximum absolute atomic E-state index is 9.69. The molecule has 3 nitrogen and oxygen atoms in total. The van der Waals surface area contributed by atoms with Crippen LogP contribution in [0.4, 0.5) is 0 Å². The second-order valence-electron chi connectivity index (χ2n) is 6.29. The average Bonchev–Trinajstić information content (AvgIpc) is 2.26. The van der Waals surface area contributed by atoms with E-state index in [2.05, 4.69) is 33.2 Å². The van der Waals surface area contributed by atoms with Gasteiger partial charge in [0.25, 0.3) is 0 Å². The molecule has 0 aliphatic heterocycles. The number of aliphatic hydroxyl groups is 1. The molecule has 0 unspecified atom stereocenters. The van der Waals surface area contributed by atoms with Gasteiger partial charge in [-0.25, -0.2) is 0 Å². The van der Waals surface area contributed by atoms with Crippen LogP contribution in [0.2, 0.25) is 0 Å². The zero-order valence-corrected chi connectivity index (χ0v) is 12.5. The molecule has 0 saturated heterocycles. The molecule has 0 aromatic rings. The molecular weight excluding hydrogens is 226 g/mol. The Kier molecular flexibility index (Phi) is 10.7.